The third-order valence-corrected chi connectivity index (χ3v) is 4.21. The summed E-state index contributed by atoms with van der Waals surface area (Å²) in [5, 5.41) is 12.2. The molecule has 2 aromatic heterocycles. The lowest BCUT2D eigenvalue weighted by Gasteiger charge is -2.22. The van der Waals surface area contributed by atoms with Gasteiger partial charge >= 0.3 is 5.97 Å². The van der Waals surface area contributed by atoms with E-state index in [1.54, 1.807) is 12.0 Å². The van der Waals surface area contributed by atoms with Gasteiger partial charge in [-0.2, -0.15) is 0 Å². The minimum absolute atomic E-state index is 0.0789. The number of carbonyl (C=O) groups is 1. The first-order chi connectivity index (χ1) is 9.20. The van der Waals surface area contributed by atoms with Crippen LogP contribution in [0.2, 0.25) is 0 Å². The maximum atomic E-state index is 11.4. The molecule has 0 spiro atoms. The minimum atomic E-state index is -0.846. The highest BCUT2D eigenvalue weighted by molar-refractivity contribution is 7.16. The van der Waals surface area contributed by atoms with Crippen LogP contribution in [0.1, 0.15) is 6.42 Å². The van der Waals surface area contributed by atoms with Crippen molar-refractivity contribution in [2.24, 2.45) is 0 Å². The number of methoxy groups -OCH3 is 1. The molecule has 2 aromatic rings. The van der Waals surface area contributed by atoms with Crippen molar-refractivity contribution >= 4 is 33.3 Å². The molecule has 1 N–H and O–H groups in total. The van der Waals surface area contributed by atoms with Gasteiger partial charge in [0.2, 0.25) is 0 Å². The van der Waals surface area contributed by atoms with E-state index >= 15 is 0 Å². The lowest BCUT2D eigenvalue weighted by Crippen LogP contribution is -2.36. The Hall–Kier alpha value is -1.73. The van der Waals surface area contributed by atoms with Crippen molar-refractivity contribution in [1.29, 1.82) is 0 Å². The molecule has 0 radical (unpaired) electrons. The molecule has 100 valence electrons. The Bertz CT molecular complexity index is 615. The molecule has 1 fully saturated rings. The van der Waals surface area contributed by atoms with Crippen molar-refractivity contribution in [3.8, 4) is 0 Å². The molecule has 0 amide bonds. The predicted molar refractivity (Wildman–Crippen MR) is 71.6 cm³/mol. The lowest BCUT2D eigenvalue weighted by atomic mass is 10.2. The number of carboxylic acid groups (broad SMARTS) is 1. The molecule has 2 atom stereocenters. The van der Waals surface area contributed by atoms with E-state index in [4.69, 9.17) is 4.74 Å². The number of aliphatic carboxylic acids is 1. The number of fused-ring (bicyclic) bond motifs is 1. The van der Waals surface area contributed by atoms with Crippen LogP contribution >= 0.6 is 11.3 Å². The van der Waals surface area contributed by atoms with E-state index in [2.05, 4.69) is 9.97 Å². The first-order valence-corrected chi connectivity index (χ1v) is 6.79. The summed E-state index contributed by atoms with van der Waals surface area (Å²) in [6, 6.07) is 1.33. The van der Waals surface area contributed by atoms with Crippen molar-refractivity contribution in [3.05, 3.63) is 17.8 Å². The monoisotopic (exact) mass is 279 g/mol. The summed E-state index contributed by atoms with van der Waals surface area (Å²) in [6.45, 7) is 0.537. The number of nitrogens with zero attached hydrogens (tertiary/aromatic N) is 3. The number of ether oxygens (including phenoxy) is 1. The predicted octanol–water partition coefficient (Wildman–Crippen LogP) is 1.37. The van der Waals surface area contributed by atoms with E-state index in [1.165, 1.54) is 17.7 Å². The van der Waals surface area contributed by atoms with Gasteiger partial charge in [-0.05, 0) is 11.4 Å². The number of rotatable bonds is 3. The van der Waals surface area contributed by atoms with Crippen molar-refractivity contribution < 1.29 is 14.6 Å². The molecule has 3 rings (SSSR count). The minimum Gasteiger partial charge on any atom is -0.480 e. The standard InChI is InChI=1S/C12H13N3O3S/c1-18-7-4-9(12(16)17)15(5-7)10-8-2-3-19-11(8)14-6-13-10/h2-3,6-7,9H,4-5H2,1H3,(H,16,17). The Labute approximate surface area is 113 Å². The van der Waals surface area contributed by atoms with E-state index in [-0.39, 0.29) is 6.10 Å². The number of hydrogen-bond acceptors (Lipinski definition) is 6. The van der Waals surface area contributed by atoms with Crippen LogP contribution in [0.4, 0.5) is 5.82 Å². The molecule has 0 saturated carbocycles. The Kier molecular flexibility index (Phi) is 3.08. The van der Waals surface area contributed by atoms with E-state index in [0.717, 1.165) is 10.2 Å². The fraction of sp³-hybridized carbons (Fsp3) is 0.417. The Balaban J connectivity index is 2.04. The van der Waals surface area contributed by atoms with Gasteiger partial charge in [0.15, 0.2) is 0 Å². The van der Waals surface area contributed by atoms with E-state index < -0.39 is 12.0 Å². The molecule has 6 nitrogen and oxygen atoms in total. The second kappa shape index (κ2) is 4.75. The summed E-state index contributed by atoms with van der Waals surface area (Å²) >= 11 is 1.52. The van der Waals surface area contributed by atoms with Gasteiger partial charge in [-0.15, -0.1) is 11.3 Å². The highest BCUT2D eigenvalue weighted by atomic mass is 32.1. The quantitative estimate of drug-likeness (QED) is 0.914. The third kappa shape index (κ3) is 2.04. The van der Waals surface area contributed by atoms with Gasteiger partial charge in [0.05, 0.1) is 11.5 Å². The fourth-order valence-electron chi connectivity index (χ4n) is 2.44. The van der Waals surface area contributed by atoms with Crippen LogP contribution in [0.3, 0.4) is 0 Å². The largest absolute Gasteiger partial charge is 0.480 e. The number of anilines is 1. The Morgan fingerprint density at radius 2 is 2.42 bits per heavy atom. The summed E-state index contributed by atoms with van der Waals surface area (Å²) in [4.78, 5) is 22.5. The normalized spacial score (nSPS) is 23.1. The summed E-state index contributed by atoms with van der Waals surface area (Å²) in [7, 11) is 1.60. The van der Waals surface area contributed by atoms with Crippen LogP contribution in [0.5, 0.6) is 0 Å². The van der Waals surface area contributed by atoms with Gasteiger partial charge in [0.1, 0.15) is 23.0 Å². The van der Waals surface area contributed by atoms with Crippen molar-refractivity contribution in [2.45, 2.75) is 18.6 Å². The molecule has 1 aliphatic rings. The maximum absolute atomic E-state index is 11.4. The molecule has 3 heterocycles. The Morgan fingerprint density at radius 1 is 1.58 bits per heavy atom. The molecule has 0 aromatic carbocycles. The van der Waals surface area contributed by atoms with Gasteiger partial charge < -0.3 is 14.7 Å². The van der Waals surface area contributed by atoms with Gasteiger partial charge in [-0.25, -0.2) is 14.8 Å². The maximum Gasteiger partial charge on any atom is 0.326 e. The second-order valence-corrected chi connectivity index (χ2v) is 5.33. The zero-order valence-electron chi connectivity index (χ0n) is 10.3. The molecule has 2 unspecified atom stereocenters. The molecule has 1 saturated heterocycles. The molecule has 7 heteroatoms. The van der Waals surface area contributed by atoms with Crippen molar-refractivity contribution in [2.75, 3.05) is 18.6 Å². The van der Waals surface area contributed by atoms with Gasteiger partial charge in [0, 0.05) is 20.1 Å². The molecule has 19 heavy (non-hydrogen) atoms. The van der Waals surface area contributed by atoms with Crippen molar-refractivity contribution in [1.82, 2.24) is 9.97 Å². The Morgan fingerprint density at radius 3 is 3.16 bits per heavy atom. The molecular formula is C12H13N3O3S. The number of hydrogen-bond donors (Lipinski definition) is 1. The molecule has 0 bridgehead atoms. The number of aromatic nitrogens is 2. The fourth-order valence-corrected chi connectivity index (χ4v) is 3.17. The summed E-state index contributed by atoms with van der Waals surface area (Å²) < 4.78 is 5.29. The smallest absolute Gasteiger partial charge is 0.326 e. The number of thiophene rings is 1. The SMILES string of the molecule is COC1CC(C(=O)O)N(c2ncnc3sccc23)C1. The topological polar surface area (TPSA) is 75.6 Å². The van der Waals surface area contributed by atoms with Gasteiger partial charge in [-0.1, -0.05) is 0 Å². The van der Waals surface area contributed by atoms with Gasteiger partial charge in [-0.3, -0.25) is 0 Å². The highest BCUT2D eigenvalue weighted by Crippen LogP contribution is 2.32. The van der Waals surface area contributed by atoms with Crippen LogP contribution < -0.4 is 4.90 Å². The first kappa shape index (κ1) is 12.3. The van der Waals surface area contributed by atoms with Crippen LogP contribution in [0.15, 0.2) is 17.8 Å². The van der Waals surface area contributed by atoms with Crippen molar-refractivity contribution in [3.63, 3.8) is 0 Å². The zero-order chi connectivity index (χ0) is 13.4. The van der Waals surface area contributed by atoms with Crippen LogP contribution in [-0.4, -0.2) is 46.8 Å². The highest BCUT2D eigenvalue weighted by Gasteiger charge is 2.38. The van der Waals surface area contributed by atoms with Crippen LogP contribution in [0.25, 0.3) is 10.2 Å². The summed E-state index contributed by atoms with van der Waals surface area (Å²) in [6.07, 6.45) is 1.87. The van der Waals surface area contributed by atoms with E-state index in [1.807, 2.05) is 11.4 Å². The van der Waals surface area contributed by atoms with Crippen LogP contribution in [-0.2, 0) is 9.53 Å². The third-order valence-electron chi connectivity index (χ3n) is 3.39. The zero-order valence-corrected chi connectivity index (χ0v) is 11.1. The average Bonchev–Trinajstić information content (AvgIpc) is 3.04. The summed E-state index contributed by atoms with van der Waals surface area (Å²) in [5.74, 6) is -0.167. The molecule has 1 aliphatic heterocycles. The molecule has 0 aliphatic carbocycles. The average molecular weight is 279 g/mol. The second-order valence-electron chi connectivity index (χ2n) is 4.44. The van der Waals surface area contributed by atoms with E-state index in [0.29, 0.717) is 18.8 Å². The first-order valence-electron chi connectivity index (χ1n) is 5.91. The van der Waals surface area contributed by atoms with Gasteiger partial charge in [0.25, 0.3) is 0 Å². The van der Waals surface area contributed by atoms with E-state index in [9.17, 15) is 9.90 Å². The number of carboxylic acids is 1. The molecular weight excluding hydrogens is 266 g/mol. The lowest BCUT2D eigenvalue weighted by molar-refractivity contribution is -0.138. The van der Waals surface area contributed by atoms with Crippen LogP contribution in [0, 0.1) is 0 Å². The summed E-state index contributed by atoms with van der Waals surface area (Å²) in [5.41, 5.74) is 0.